The van der Waals surface area contributed by atoms with Crippen molar-refractivity contribution in [3.05, 3.63) is 53.6 Å². The lowest BCUT2D eigenvalue weighted by molar-refractivity contribution is -0.140. The van der Waals surface area contributed by atoms with Crippen molar-refractivity contribution in [2.24, 2.45) is 35.5 Å². The van der Waals surface area contributed by atoms with E-state index in [1.165, 1.54) is 51.4 Å². The van der Waals surface area contributed by atoms with E-state index >= 15 is 0 Å². The second kappa shape index (κ2) is 13.7. The molecule has 0 aromatic heterocycles. The molecule has 204 valence electrons. The van der Waals surface area contributed by atoms with E-state index in [0.29, 0.717) is 18.8 Å². The van der Waals surface area contributed by atoms with Crippen LogP contribution in [0.2, 0.25) is 0 Å². The van der Waals surface area contributed by atoms with Crippen molar-refractivity contribution < 1.29 is 18.3 Å². The van der Waals surface area contributed by atoms with Gasteiger partial charge in [0.15, 0.2) is 0 Å². The van der Waals surface area contributed by atoms with Gasteiger partial charge in [0.05, 0.1) is 5.92 Å². The highest BCUT2D eigenvalue weighted by molar-refractivity contribution is 5.75. The lowest BCUT2D eigenvalue weighted by atomic mass is 9.60. The second-order valence-corrected chi connectivity index (χ2v) is 11.9. The Hall–Kier alpha value is -1.97. The average Bonchev–Trinajstić information content (AvgIpc) is 2.90. The Morgan fingerprint density at radius 3 is 2.05 bits per heavy atom. The van der Waals surface area contributed by atoms with Crippen molar-refractivity contribution in [2.75, 3.05) is 0 Å². The highest BCUT2D eigenvalue weighted by Crippen LogP contribution is 2.49. The largest absolute Gasteiger partial charge is 0.426 e. The van der Waals surface area contributed by atoms with Gasteiger partial charge in [-0.05, 0) is 127 Å². The molecule has 3 fully saturated rings. The van der Waals surface area contributed by atoms with Gasteiger partial charge < -0.3 is 4.74 Å². The molecule has 0 heterocycles. The van der Waals surface area contributed by atoms with Crippen molar-refractivity contribution in [3.63, 3.8) is 0 Å². The predicted octanol–water partition coefficient (Wildman–Crippen LogP) is 9.37. The van der Waals surface area contributed by atoms with Crippen LogP contribution in [-0.2, 0) is 11.2 Å². The number of ether oxygens (including phenoxy) is 1. The molecule has 0 amide bonds. The van der Waals surface area contributed by atoms with E-state index in [2.05, 4.69) is 19.1 Å². The summed E-state index contributed by atoms with van der Waals surface area (Å²) in [4.78, 5) is 12.8. The second-order valence-electron chi connectivity index (χ2n) is 11.9. The van der Waals surface area contributed by atoms with Crippen LogP contribution in [0.5, 0.6) is 5.75 Å². The number of hydrogen-bond acceptors (Lipinski definition) is 2. The first-order valence-corrected chi connectivity index (χ1v) is 14.9. The molecule has 0 spiro atoms. The molecule has 4 rings (SSSR count). The molecule has 0 aliphatic heterocycles. The maximum atomic E-state index is 14.4. The molecule has 1 aromatic carbocycles. The van der Waals surface area contributed by atoms with Gasteiger partial charge in [0.2, 0.25) is 0 Å². The van der Waals surface area contributed by atoms with Crippen LogP contribution < -0.4 is 4.74 Å². The normalized spacial score (nSPS) is 30.5. The molecule has 3 saturated carbocycles. The Bertz CT molecular complexity index is 921. The average molecular weight is 513 g/mol. The molecule has 0 saturated heterocycles. The number of allylic oxidation sites excluding steroid dienone is 4. The maximum absolute atomic E-state index is 14.4. The molecule has 2 nitrogen and oxygen atoms in total. The SMILES string of the molecule is C/C=C/CCc1c(F)cc(OC(=O)C2CCC(C3CCC4CC(CC/C=C/C)CCC4C3)CC2)cc1F. The Balaban J connectivity index is 1.22. The highest BCUT2D eigenvalue weighted by Gasteiger charge is 2.39. The lowest BCUT2D eigenvalue weighted by Crippen LogP contribution is -2.35. The van der Waals surface area contributed by atoms with Gasteiger partial charge in [-0.15, -0.1) is 0 Å². The summed E-state index contributed by atoms with van der Waals surface area (Å²) in [6.45, 7) is 4.00. The fraction of sp³-hybridized carbons (Fsp3) is 0.667. The Morgan fingerprint density at radius 1 is 0.811 bits per heavy atom. The summed E-state index contributed by atoms with van der Waals surface area (Å²) < 4.78 is 34.3. The van der Waals surface area contributed by atoms with Crippen molar-refractivity contribution in [1.29, 1.82) is 0 Å². The molecule has 0 bridgehead atoms. The summed E-state index contributed by atoms with van der Waals surface area (Å²) in [7, 11) is 0. The predicted molar refractivity (Wildman–Crippen MR) is 146 cm³/mol. The topological polar surface area (TPSA) is 26.3 Å². The number of halogens is 2. The van der Waals surface area contributed by atoms with Crippen molar-refractivity contribution >= 4 is 5.97 Å². The van der Waals surface area contributed by atoms with Gasteiger partial charge in [-0.2, -0.15) is 0 Å². The number of benzene rings is 1. The molecule has 4 heteroatoms. The summed E-state index contributed by atoms with van der Waals surface area (Å²) in [5.74, 6) is 2.48. The minimum atomic E-state index is -0.640. The fourth-order valence-corrected chi connectivity index (χ4v) is 7.51. The molecule has 4 unspecified atom stereocenters. The lowest BCUT2D eigenvalue weighted by Gasteiger charge is -2.45. The third-order valence-corrected chi connectivity index (χ3v) is 9.64. The highest BCUT2D eigenvalue weighted by atomic mass is 19.1. The third-order valence-electron chi connectivity index (χ3n) is 9.64. The summed E-state index contributed by atoms with van der Waals surface area (Å²) in [5.41, 5.74) is 0.0512. The molecule has 37 heavy (non-hydrogen) atoms. The Kier molecular flexibility index (Phi) is 10.4. The number of carbonyl (C=O) groups excluding carboxylic acids is 1. The number of hydrogen-bond donors (Lipinski definition) is 0. The van der Waals surface area contributed by atoms with Gasteiger partial charge in [0.1, 0.15) is 17.4 Å². The van der Waals surface area contributed by atoms with E-state index < -0.39 is 11.6 Å². The van der Waals surface area contributed by atoms with Crippen LogP contribution >= 0.6 is 0 Å². The number of rotatable bonds is 9. The first kappa shape index (κ1) is 28.0. The molecule has 0 N–H and O–H groups in total. The Morgan fingerprint density at radius 2 is 1.38 bits per heavy atom. The van der Waals surface area contributed by atoms with Gasteiger partial charge in [-0.25, -0.2) is 8.78 Å². The number of fused-ring (bicyclic) bond motifs is 1. The van der Waals surface area contributed by atoms with E-state index in [1.807, 2.05) is 19.1 Å². The molecule has 0 radical (unpaired) electrons. The van der Waals surface area contributed by atoms with Crippen LogP contribution in [0.4, 0.5) is 8.78 Å². The van der Waals surface area contributed by atoms with Crippen molar-refractivity contribution in [3.8, 4) is 5.75 Å². The number of carbonyl (C=O) groups is 1. The maximum Gasteiger partial charge on any atom is 0.314 e. The van der Waals surface area contributed by atoms with Gasteiger partial charge in [0.25, 0.3) is 0 Å². The molecular formula is C33H46F2O2. The Labute approximate surface area is 222 Å². The van der Waals surface area contributed by atoms with E-state index in [4.69, 9.17) is 4.74 Å². The van der Waals surface area contributed by atoms with Gasteiger partial charge in [-0.1, -0.05) is 30.7 Å². The van der Waals surface area contributed by atoms with Crippen LogP contribution in [0.1, 0.15) is 103 Å². The third kappa shape index (κ3) is 7.54. The van der Waals surface area contributed by atoms with Gasteiger partial charge in [-0.3, -0.25) is 4.79 Å². The zero-order valence-electron chi connectivity index (χ0n) is 22.9. The number of esters is 1. The summed E-state index contributed by atoms with van der Waals surface area (Å²) in [5, 5.41) is 0. The quantitative estimate of drug-likeness (QED) is 0.187. The molecule has 3 aliphatic carbocycles. The van der Waals surface area contributed by atoms with Crippen LogP contribution in [-0.4, -0.2) is 5.97 Å². The smallest absolute Gasteiger partial charge is 0.314 e. The first-order valence-electron chi connectivity index (χ1n) is 14.9. The minimum Gasteiger partial charge on any atom is -0.426 e. The van der Waals surface area contributed by atoms with Crippen LogP contribution in [0, 0.1) is 47.1 Å². The van der Waals surface area contributed by atoms with Gasteiger partial charge in [0, 0.05) is 17.7 Å². The van der Waals surface area contributed by atoms with Crippen LogP contribution in [0.3, 0.4) is 0 Å². The summed E-state index contributed by atoms with van der Waals surface area (Å²) >= 11 is 0. The zero-order chi connectivity index (χ0) is 26.2. The monoisotopic (exact) mass is 512 g/mol. The summed E-state index contributed by atoms with van der Waals surface area (Å²) in [6.07, 6.45) is 23.9. The van der Waals surface area contributed by atoms with E-state index in [1.54, 1.807) is 0 Å². The standard InChI is InChI=1S/C33H46F2O2/c1-3-5-7-9-23-11-12-28-20-27(18-17-26(28)19-23)24-13-15-25(16-14-24)33(36)37-29-21-31(34)30(32(35)22-29)10-8-6-4-2/h3-6,21-28H,7-20H2,1-2H3/b5-3+,6-4+. The van der Waals surface area contributed by atoms with E-state index in [-0.39, 0.29) is 23.2 Å². The van der Waals surface area contributed by atoms with E-state index in [0.717, 1.165) is 61.5 Å². The zero-order valence-corrected chi connectivity index (χ0v) is 22.9. The van der Waals surface area contributed by atoms with Crippen LogP contribution in [0.25, 0.3) is 0 Å². The van der Waals surface area contributed by atoms with Crippen molar-refractivity contribution in [2.45, 2.75) is 104 Å². The van der Waals surface area contributed by atoms with E-state index in [9.17, 15) is 13.6 Å². The minimum absolute atomic E-state index is 0.0171. The first-order chi connectivity index (χ1) is 18.0. The van der Waals surface area contributed by atoms with Gasteiger partial charge >= 0.3 is 5.97 Å². The molecule has 3 aliphatic rings. The molecular weight excluding hydrogens is 466 g/mol. The fourth-order valence-electron chi connectivity index (χ4n) is 7.51. The van der Waals surface area contributed by atoms with Crippen LogP contribution in [0.15, 0.2) is 36.4 Å². The molecule has 4 atom stereocenters. The van der Waals surface area contributed by atoms with Crippen molar-refractivity contribution in [1.82, 2.24) is 0 Å². The summed E-state index contributed by atoms with van der Waals surface area (Å²) in [6, 6.07) is 2.32. The molecule has 1 aromatic rings.